The number of carbonyl (C=O) groups is 1. The van der Waals surface area contributed by atoms with Crippen LogP contribution < -0.4 is 10.0 Å². The number of rotatable bonds is 4. The van der Waals surface area contributed by atoms with Crippen molar-refractivity contribution in [3.63, 3.8) is 0 Å². The number of sulfonamides is 1. The van der Waals surface area contributed by atoms with Gasteiger partial charge in [-0.2, -0.15) is 0 Å². The smallest absolute Gasteiger partial charge is 0.261 e. The minimum atomic E-state index is -3.68. The van der Waals surface area contributed by atoms with E-state index in [-0.39, 0.29) is 10.8 Å². The van der Waals surface area contributed by atoms with Gasteiger partial charge in [0.1, 0.15) is 0 Å². The van der Waals surface area contributed by atoms with Crippen molar-refractivity contribution in [3.8, 4) is 0 Å². The van der Waals surface area contributed by atoms with Crippen molar-refractivity contribution in [2.75, 3.05) is 10.0 Å². The van der Waals surface area contributed by atoms with Gasteiger partial charge in [-0.15, -0.1) is 0 Å². The van der Waals surface area contributed by atoms with Crippen molar-refractivity contribution in [3.05, 3.63) is 53.1 Å². The fourth-order valence-corrected chi connectivity index (χ4v) is 4.11. The van der Waals surface area contributed by atoms with Gasteiger partial charge in [0, 0.05) is 12.1 Å². The average molecular weight is 344 g/mol. The molecular weight excluding hydrogens is 324 g/mol. The highest BCUT2D eigenvalue weighted by molar-refractivity contribution is 7.92. The molecule has 6 heteroatoms. The number of hydrogen-bond acceptors (Lipinski definition) is 3. The number of benzene rings is 2. The first-order valence-electron chi connectivity index (χ1n) is 7.95. The quantitative estimate of drug-likeness (QED) is 0.894. The molecule has 0 fully saturated rings. The normalized spacial score (nSPS) is 14.0. The summed E-state index contributed by atoms with van der Waals surface area (Å²) >= 11 is 0. The fourth-order valence-electron chi connectivity index (χ4n) is 2.89. The third-order valence-electron chi connectivity index (χ3n) is 4.26. The molecule has 1 heterocycles. The van der Waals surface area contributed by atoms with E-state index in [0.717, 1.165) is 23.1 Å². The number of aryl methyl sites for hydroxylation is 3. The zero-order valence-corrected chi connectivity index (χ0v) is 14.5. The molecule has 0 radical (unpaired) electrons. The number of nitrogens with one attached hydrogen (secondary N) is 2. The van der Waals surface area contributed by atoms with Crippen molar-refractivity contribution >= 4 is 27.3 Å². The lowest BCUT2D eigenvalue weighted by atomic mass is 10.0. The molecule has 2 aromatic rings. The maximum absolute atomic E-state index is 12.8. The van der Waals surface area contributed by atoms with Crippen LogP contribution in [0.1, 0.15) is 30.0 Å². The molecular formula is C18H20N2O3S. The number of fused-ring (bicyclic) bond motifs is 1. The predicted molar refractivity (Wildman–Crippen MR) is 94.8 cm³/mol. The van der Waals surface area contributed by atoms with Crippen LogP contribution in [0, 0.1) is 6.92 Å². The van der Waals surface area contributed by atoms with Gasteiger partial charge in [0.05, 0.1) is 10.6 Å². The summed E-state index contributed by atoms with van der Waals surface area (Å²) in [6.45, 7) is 3.88. The lowest BCUT2D eigenvalue weighted by Gasteiger charge is -2.19. The summed E-state index contributed by atoms with van der Waals surface area (Å²) in [4.78, 5) is 11.6. The van der Waals surface area contributed by atoms with Crippen molar-refractivity contribution in [1.29, 1.82) is 0 Å². The van der Waals surface area contributed by atoms with E-state index in [1.54, 1.807) is 12.1 Å². The molecule has 0 aromatic heterocycles. The molecule has 2 aromatic carbocycles. The number of hydrogen-bond donors (Lipinski definition) is 2. The van der Waals surface area contributed by atoms with Gasteiger partial charge in [-0.05, 0) is 54.7 Å². The molecule has 0 aliphatic carbocycles. The number of anilines is 2. The summed E-state index contributed by atoms with van der Waals surface area (Å²) in [5.41, 5.74) is 4.03. The lowest BCUT2D eigenvalue weighted by molar-refractivity contribution is -0.116. The minimum absolute atomic E-state index is 0.0382. The zero-order chi connectivity index (χ0) is 17.3. The largest absolute Gasteiger partial charge is 0.326 e. The van der Waals surface area contributed by atoms with Crippen LogP contribution >= 0.6 is 0 Å². The summed E-state index contributed by atoms with van der Waals surface area (Å²) in [5, 5.41) is 2.76. The first-order chi connectivity index (χ1) is 11.4. The summed E-state index contributed by atoms with van der Waals surface area (Å²) in [7, 11) is -3.68. The number of amides is 1. The molecule has 0 saturated carbocycles. The Labute approximate surface area is 142 Å². The molecule has 3 rings (SSSR count). The van der Waals surface area contributed by atoms with Gasteiger partial charge in [0.25, 0.3) is 10.0 Å². The molecule has 0 unspecified atom stereocenters. The third kappa shape index (κ3) is 3.14. The van der Waals surface area contributed by atoms with Gasteiger partial charge in [0.15, 0.2) is 0 Å². The number of para-hydroxylation sites is 1. The second-order valence-electron chi connectivity index (χ2n) is 5.94. The van der Waals surface area contributed by atoms with E-state index in [9.17, 15) is 13.2 Å². The van der Waals surface area contributed by atoms with Crippen LogP contribution in [0.2, 0.25) is 0 Å². The third-order valence-corrected chi connectivity index (χ3v) is 5.61. The molecule has 2 N–H and O–H groups in total. The van der Waals surface area contributed by atoms with E-state index in [1.165, 1.54) is 6.07 Å². The van der Waals surface area contributed by atoms with E-state index >= 15 is 0 Å². The van der Waals surface area contributed by atoms with Crippen LogP contribution in [0.25, 0.3) is 0 Å². The van der Waals surface area contributed by atoms with Crippen LogP contribution in [0.15, 0.2) is 41.3 Å². The van der Waals surface area contributed by atoms with Gasteiger partial charge < -0.3 is 5.32 Å². The average Bonchev–Trinajstić information content (AvgIpc) is 2.56. The SMILES string of the molecule is CCc1cccc(C)c1NS(=O)(=O)c1ccc2c(c1)CCC(=O)N2. The van der Waals surface area contributed by atoms with Gasteiger partial charge in [0.2, 0.25) is 5.91 Å². The molecule has 0 bridgehead atoms. The maximum Gasteiger partial charge on any atom is 0.261 e. The molecule has 1 aliphatic heterocycles. The van der Waals surface area contributed by atoms with E-state index in [4.69, 9.17) is 0 Å². The van der Waals surface area contributed by atoms with E-state index in [0.29, 0.717) is 24.2 Å². The summed E-state index contributed by atoms with van der Waals surface area (Å²) in [6, 6.07) is 10.6. The molecule has 1 aliphatic rings. The summed E-state index contributed by atoms with van der Waals surface area (Å²) < 4.78 is 28.3. The van der Waals surface area contributed by atoms with Crippen LogP contribution in [-0.4, -0.2) is 14.3 Å². The topological polar surface area (TPSA) is 75.3 Å². The first kappa shape index (κ1) is 16.5. The van der Waals surface area contributed by atoms with E-state index < -0.39 is 10.0 Å². The monoisotopic (exact) mass is 344 g/mol. The van der Waals surface area contributed by atoms with Crippen LogP contribution in [0.3, 0.4) is 0 Å². The molecule has 1 amide bonds. The standard InChI is InChI=1S/C18H20N2O3S/c1-3-13-6-4-5-12(2)18(13)20-24(22,23)15-8-9-16-14(11-15)7-10-17(21)19-16/h4-6,8-9,11,20H,3,7,10H2,1-2H3,(H,19,21). The number of carbonyl (C=O) groups excluding carboxylic acids is 1. The highest BCUT2D eigenvalue weighted by Crippen LogP contribution is 2.28. The second kappa shape index (κ2) is 6.28. The Morgan fingerprint density at radius 2 is 1.96 bits per heavy atom. The second-order valence-corrected chi connectivity index (χ2v) is 7.62. The minimum Gasteiger partial charge on any atom is -0.326 e. The highest BCUT2D eigenvalue weighted by Gasteiger charge is 2.21. The molecule has 0 spiro atoms. The van der Waals surface area contributed by atoms with Crippen molar-refractivity contribution < 1.29 is 13.2 Å². The van der Waals surface area contributed by atoms with E-state index in [1.807, 2.05) is 32.0 Å². The van der Waals surface area contributed by atoms with Crippen LogP contribution in [-0.2, 0) is 27.7 Å². The van der Waals surface area contributed by atoms with Gasteiger partial charge >= 0.3 is 0 Å². The molecule has 0 atom stereocenters. The maximum atomic E-state index is 12.8. The predicted octanol–water partition coefficient (Wildman–Crippen LogP) is 3.24. The summed E-state index contributed by atoms with van der Waals surface area (Å²) in [5.74, 6) is -0.0382. The molecule has 24 heavy (non-hydrogen) atoms. The zero-order valence-electron chi connectivity index (χ0n) is 13.7. The van der Waals surface area contributed by atoms with Crippen molar-refractivity contribution in [2.45, 2.75) is 38.0 Å². The van der Waals surface area contributed by atoms with Crippen LogP contribution in [0.4, 0.5) is 11.4 Å². The van der Waals surface area contributed by atoms with Crippen LogP contribution in [0.5, 0.6) is 0 Å². The van der Waals surface area contributed by atoms with Crippen molar-refractivity contribution in [2.24, 2.45) is 0 Å². The van der Waals surface area contributed by atoms with Gasteiger partial charge in [-0.3, -0.25) is 9.52 Å². The fraction of sp³-hybridized carbons (Fsp3) is 0.278. The first-order valence-corrected chi connectivity index (χ1v) is 9.43. The molecule has 0 saturated heterocycles. The Bertz CT molecular complexity index is 904. The Morgan fingerprint density at radius 3 is 2.71 bits per heavy atom. The van der Waals surface area contributed by atoms with Gasteiger partial charge in [-0.25, -0.2) is 8.42 Å². The molecule has 126 valence electrons. The molecule has 5 nitrogen and oxygen atoms in total. The van der Waals surface area contributed by atoms with Gasteiger partial charge in [-0.1, -0.05) is 25.1 Å². The van der Waals surface area contributed by atoms with E-state index in [2.05, 4.69) is 10.0 Å². The summed E-state index contributed by atoms with van der Waals surface area (Å²) in [6.07, 6.45) is 1.67. The Morgan fingerprint density at radius 1 is 1.17 bits per heavy atom. The Balaban J connectivity index is 1.96. The Hall–Kier alpha value is -2.34. The van der Waals surface area contributed by atoms with Crippen molar-refractivity contribution in [1.82, 2.24) is 0 Å². The Kier molecular flexibility index (Phi) is 4.32. The highest BCUT2D eigenvalue weighted by atomic mass is 32.2. The lowest BCUT2D eigenvalue weighted by Crippen LogP contribution is -2.20.